The Bertz CT molecular complexity index is 449. The monoisotopic (exact) mass is 268 g/mol. The largest absolute Gasteiger partial charge is 0.372 e. The fourth-order valence-electron chi connectivity index (χ4n) is 1.50. The molecular formula is C14H21FN2O2. The van der Waals surface area contributed by atoms with E-state index < -0.39 is 6.10 Å². The van der Waals surface area contributed by atoms with Gasteiger partial charge in [-0.05, 0) is 39.0 Å². The Morgan fingerprint density at radius 1 is 1.37 bits per heavy atom. The van der Waals surface area contributed by atoms with Gasteiger partial charge in [-0.3, -0.25) is 4.79 Å². The zero-order valence-electron chi connectivity index (χ0n) is 12.0. The normalized spacial score (nSPS) is 12.4. The second kappa shape index (κ2) is 6.52. The SMILES string of the molecule is COC(C)C(=O)Nc1ccc(N(C)C(C)C)c(F)c1. The maximum atomic E-state index is 14.0. The van der Waals surface area contributed by atoms with Crippen LogP contribution in [0, 0.1) is 5.82 Å². The minimum absolute atomic E-state index is 0.198. The number of methoxy groups -OCH3 is 1. The van der Waals surface area contributed by atoms with Gasteiger partial charge in [0.25, 0.3) is 5.91 Å². The molecule has 1 unspecified atom stereocenters. The number of hydrogen-bond acceptors (Lipinski definition) is 3. The van der Waals surface area contributed by atoms with Gasteiger partial charge in [-0.25, -0.2) is 4.39 Å². The van der Waals surface area contributed by atoms with E-state index in [0.717, 1.165) is 0 Å². The maximum Gasteiger partial charge on any atom is 0.253 e. The van der Waals surface area contributed by atoms with E-state index in [1.807, 2.05) is 25.8 Å². The summed E-state index contributed by atoms with van der Waals surface area (Å²) in [5.74, 6) is -0.661. The molecule has 0 fully saturated rings. The zero-order valence-corrected chi connectivity index (χ0v) is 12.0. The smallest absolute Gasteiger partial charge is 0.253 e. The first-order valence-corrected chi connectivity index (χ1v) is 6.22. The number of amides is 1. The first-order chi connectivity index (χ1) is 8.86. The number of ether oxygens (including phenoxy) is 1. The van der Waals surface area contributed by atoms with Crippen molar-refractivity contribution in [2.75, 3.05) is 24.4 Å². The molecule has 0 aliphatic rings. The van der Waals surface area contributed by atoms with Crippen LogP contribution in [0.4, 0.5) is 15.8 Å². The average Bonchev–Trinajstić information content (AvgIpc) is 2.37. The molecule has 19 heavy (non-hydrogen) atoms. The summed E-state index contributed by atoms with van der Waals surface area (Å²) in [4.78, 5) is 13.4. The third-order valence-electron chi connectivity index (χ3n) is 3.09. The molecule has 1 atom stereocenters. The number of anilines is 2. The highest BCUT2D eigenvalue weighted by atomic mass is 19.1. The molecule has 0 aliphatic heterocycles. The number of carbonyl (C=O) groups excluding carboxylic acids is 1. The molecule has 106 valence electrons. The van der Waals surface area contributed by atoms with E-state index >= 15 is 0 Å². The van der Waals surface area contributed by atoms with E-state index in [1.165, 1.54) is 13.2 Å². The van der Waals surface area contributed by atoms with Crippen LogP contribution in [0.3, 0.4) is 0 Å². The van der Waals surface area contributed by atoms with Crippen molar-refractivity contribution in [1.82, 2.24) is 0 Å². The Kier molecular flexibility index (Phi) is 5.30. The van der Waals surface area contributed by atoms with Crippen LogP contribution in [0.1, 0.15) is 20.8 Å². The van der Waals surface area contributed by atoms with Gasteiger partial charge in [0, 0.05) is 25.9 Å². The Balaban J connectivity index is 2.85. The van der Waals surface area contributed by atoms with Crippen LogP contribution in [0.25, 0.3) is 0 Å². The summed E-state index contributed by atoms with van der Waals surface area (Å²) in [6.45, 7) is 5.59. The molecule has 1 aromatic carbocycles. The lowest BCUT2D eigenvalue weighted by atomic mass is 10.2. The van der Waals surface area contributed by atoms with Crippen molar-refractivity contribution in [2.24, 2.45) is 0 Å². The van der Waals surface area contributed by atoms with Crippen molar-refractivity contribution >= 4 is 17.3 Å². The van der Waals surface area contributed by atoms with E-state index in [9.17, 15) is 9.18 Å². The van der Waals surface area contributed by atoms with E-state index in [2.05, 4.69) is 5.32 Å². The summed E-state index contributed by atoms with van der Waals surface area (Å²) in [6.07, 6.45) is -0.568. The number of carbonyl (C=O) groups is 1. The summed E-state index contributed by atoms with van der Waals surface area (Å²) in [6, 6.07) is 4.84. The molecule has 1 N–H and O–H groups in total. The molecule has 0 spiro atoms. The zero-order chi connectivity index (χ0) is 14.6. The Morgan fingerprint density at radius 3 is 2.47 bits per heavy atom. The number of benzene rings is 1. The maximum absolute atomic E-state index is 14.0. The van der Waals surface area contributed by atoms with Gasteiger partial charge in [-0.1, -0.05) is 0 Å². The van der Waals surface area contributed by atoms with Crippen LogP contribution < -0.4 is 10.2 Å². The molecule has 1 aromatic rings. The van der Waals surface area contributed by atoms with Crippen LogP contribution in [0.2, 0.25) is 0 Å². The second-order valence-corrected chi connectivity index (χ2v) is 4.74. The van der Waals surface area contributed by atoms with Gasteiger partial charge in [0.2, 0.25) is 0 Å². The van der Waals surface area contributed by atoms with Crippen molar-refractivity contribution in [2.45, 2.75) is 32.9 Å². The molecule has 0 saturated carbocycles. The highest BCUT2D eigenvalue weighted by molar-refractivity contribution is 5.94. The van der Waals surface area contributed by atoms with E-state index in [-0.39, 0.29) is 17.8 Å². The summed E-state index contributed by atoms with van der Waals surface area (Å²) >= 11 is 0. The lowest BCUT2D eigenvalue weighted by Crippen LogP contribution is -2.27. The lowest BCUT2D eigenvalue weighted by molar-refractivity contribution is -0.124. The standard InChI is InChI=1S/C14H21FN2O2/c1-9(2)17(4)13-7-6-11(8-12(13)15)16-14(18)10(3)19-5/h6-10H,1-5H3,(H,16,18). The molecule has 0 aliphatic carbocycles. The summed E-state index contributed by atoms with van der Waals surface area (Å²) in [7, 11) is 3.28. The summed E-state index contributed by atoms with van der Waals surface area (Å²) < 4.78 is 18.9. The predicted molar refractivity (Wildman–Crippen MR) is 75.0 cm³/mol. The van der Waals surface area contributed by atoms with Gasteiger partial charge in [-0.2, -0.15) is 0 Å². The Hall–Kier alpha value is -1.62. The van der Waals surface area contributed by atoms with Crippen molar-refractivity contribution in [3.63, 3.8) is 0 Å². The van der Waals surface area contributed by atoms with Crippen LogP contribution in [-0.2, 0) is 9.53 Å². The van der Waals surface area contributed by atoms with Crippen molar-refractivity contribution in [3.05, 3.63) is 24.0 Å². The third kappa shape index (κ3) is 3.92. The van der Waals surface area contributed by atoms with Crippen LogP contribution in [0.15, 0.2) is 18.2 Å². The number of nitrogens with one attached hydrogen (secondary N) is 1. The topological polar surface area (TPSA) is 41.6 Å². The highest BCUT2D eigenvalue weighted by Crippen LogP contribution is 2.23. The molecule has 0 heterocycles. The van der Waals surface area contributed by atoms with E-state index in [4.69, 9.17) is 4.74 Å². The number of halogens is 1. The van der Waals surface area contributed by atoms with Crippen molar-refractivity contribution < 1.29 is 13.9 Å². The lowest BCUT2D eigenvalue weighted by Gasteiger charge is -2.24. The molecule has 1 amide bonds. The predicted octanol–water partition coefficient (Wildman–Crippen LogP) is 2.64. The third-order valence-corrected chi connectivity index (χ3v) is 3.09. The van der Waals surface area contributed by atoms with Crippen molar-refractivity contribution in [1.29, 1.82) is 0 Å². The molecule has 0 saturated heterocycles. The Morgan fingerprint density at radius 2 is 2.00 bits per heavy atom. The summed E-state index contributed by atoms with van der Waals surface area (Å²) in [5.41, 5.74) is 0.931. The summed E-state index contributed by atoms with van der Waals surface area (Å²) in [5, 5.41) is 2.61. The van der Waals surface area contributed by atoms with Crippen LogP contribution in [-0.4, -0.2) is 32.2 Å². The van der Waals surface area contributed by atoms with Gasteiger partial charge in [0.05, 0.1) is 5.69 Å². The first-order valence-electron chi connectivity index (χ1n) is 6.22. The molecule has 0 bridgehead atoms. The molecular weight excluding hydrogens is 247 g/mol. The fraction of sp³-hybridized carbons (Fsp3) is 0.500. The molecule has 5 heteroatoms. The number of rotatable bonds is 5. The fourth-order valence-corrected chi connectivity index (χ4v) is 1.50. The first kappa shape index (κ1) is 15.4. The van der Waals surface area contributed by atoms with Crippen LogP contribution >= 0.6 is 0 Å². The van der Waals surface area contributed by atoms with E-state index in [1.54, 1.807) is 19.1 Å². The molecule has 0 aromatic heterocycles. The minimum Gasteiger partial charge on any atom is -0.372 e. The van der Waals surface area contributed by atoms with Gasteiger partial charge < -0.3 is 15.0 Å². The number of hydrogen-bond donors (Lipinski definition) is 1. The van der Waals surface area contributed by atoms with Gasteiger partial charge >= 0.3 is 0 Å². The van der Waals surface area contributed by atoms with Gasteiger partial charge in [-0.15, -0.1) is 0 Å². The Labute approximate surface area is 113 Å². The molecule has 0 radical (unpaired) electrons. The van der Waals surface area contributed by atoms with E-state index in [0.29, 0.717) is 11.4 Å². The van der Waals surface area contributed by atoms with Crippen LogP contribution in [0.5, 0.6) is 0 Å². The minimum atomic E-state index is -0.568. The van der Waals surface area contributed by atoms with Gasteiger partial charge in [0.1, 0.15) is 11.9 Å². The van der Waals surface area contributed by atoms with Crippen molar-refractivity contribution in [3.8, 4) is 0 Å². The average molecular weight is 268 g/mol. The molecule has 4 nitrogen and oxygen atoms in total. The second-order valence-electron chi connectivity index (χ2n) is 4.74. The number of nitrogens with zero attached hydrogens (tertiary/aromatic N) is 1. The quantitative estimate of drug-likeness (QED) is 0.892. The van der Waals surface area contributed by atoms with Gasteiger partial charge in [0.15, 0.2) is 0 Å². The molecule has 1 rings (SSSR count). The highest BCUT2D eigenvalue weighted by Gasteiger charge is 2.14.